The molecule has 0 amide bonds. The standard InChI is InChI=1S/C34H29NO2/c1-23(2)29-10-6-5-9-25(29)16-13-24-14-17-27(18-15-24)33-32(26-19-21-28(22-20-26)35(36)37)30-11-7-8-12-31(30)34(33,3)4/h5-12,14-15,17-23H,1-4H3. The molecule has 3 heteroatoms. The summed E-state index contributed by atoms with van der Waals surface area (Å²) in [6.07, 6.45) is 0. The first-order chi connectivity index (χ1) is 17.8. The van der Waals surface area contributed by atoms with E-state index in [0.29, 0.717) is 5.92 Å². The third-order valence-electron chi connectivity index (χ3n) is 7.21. The summed E-state index contributed by atoms with van der Waals surface area (Å²) in [5, 5.41) is 11.2. The number of hydrogen-bond acceptors (Lipinski definition) is 2. The van der Waals surface area contributed by atoms with Gasteiger partial charge >= 0.3 is 0 Å². The van der Waals surface area contributed by atoms with E-state index in [1.54, 1.807) is 12.1 Å². The van der Waals surface area contributed by atoms with Crippen LogP contribution in [0.3, 0.4) is 0 Å². The van der Waals surface area contributed by atoms with Crippen molar-refractivity contribution in [3.05, 3.63) is 146 Å². The van der Waals surface area contributed by atoms with E-state index in [1.165, 1.54) is 22.3 Å². The van der Waals surface area contributed by atoms with Gasteiger partial charge in [-0.1, -0.05) is 94.1 Å². The summed E-state index contributed by atoms with van der Waals surface area (Å²) in [5.74, 6) is 7.12. The summed E-state index contributed by atoms with van der Waals surface area (Å²) in [4.78, 5) is 10.9. The van der Waals surface area contributed by atoms with Crippen LogP contribution in [0, 0.1) is 22.0 Å². The molecule has 3 nitrogen and oxygen atoms in total. The minimum atomic E-state index is -0.356. The van der Waals surface area contributed by atoms with Crippen LogP contribution in [0.15, 0.2) is 97.1 Å². The van der Waals surface area contributed by atoms with Gasteiger partial charge in [-0.15, -0.1) is 0 Å². The third kappa shape index (κ3) is 4.47. The summed E-state index contributed by atoms with van der Waals surface area (Å²) in [6.45, 7) is 8.87. The molecule has 0 bridgehead atoms. The van der Waals surface area contributed by atoms with E-state index < -0.39 is 0 Å². The first kappa shape index (κ1) is 24.3. The predicted octanol–water partition coefficient (Wildman–Crippen LogP) is 8.37. The van der Waals surface area contributed by atoms with E-state index in [4.69, 9.17) is 0 Å². The molecule has 0 saturated carbocycles. The molecule has 0 aromatic heterocycles. The van der Waals surface area contributed by atoms with Crippen molar-refractivity contribution in [3.8, 4) is 11.8 Å². The molecule has 0 spiro atoms. The number of rotatable bonds is 4. The van der Waals surface area contributed by atoms with E-state index in [-0.39, 0.29) is 16.0 Å². The lowest BCUT2D eigenvalue weighted by Gasteiger charge is -2.25. The van der Waals surface area contributed by atoms with E-state index >= 15 is 0 Å². The summed E-state index contributed by atoms with van der Waals surface area (Å²) in [7, 11) is 0. The number of nitrogens with zero attached hydrogens (tertiary/aromatic N) is 1. The summed E-state index contributed by atoms with van der Waals surface area (Å²) >= 11 is 0. The molecule has 1 aliphatic carbocycles. The van der Waals surface area contributed by atoms with Gasteiger partial charge < -0.3 is 0 Å². The minimum Gasteiger partial charge on any atom is -0.258 e. The highest BCUT2D eigenvalue weighted by Gasteiger charge is 2.38. The van der Waals surface area contributed by atoms with Gasteiger partial charge in [-0.05, 0) is 75.2 Å². The minimum absolute atomic E-state index is 0.0957. The molecule has 0 heterocycles. The van der Waals surface area contributed by atoms with Crippen LogP contribution in [0.25, 0.3) is 11.1 Å². The Morgan fingerprint density at radius 2 is 1.38 bits per heavy atom. The van der Waals surface area contributed by atoms with Crippen LogP contribution < -0.4 is 0 Å². The van der Waals surface area contributed by atoms with Crippen molar-refractivity contribution in [2.75, 3.05) is 0 Å². The van der Waals surface area contributed by atoms with E-state index in [0.717, 1.165) is 27.8 Å². The Kier molecular flexibility index (Phi) is 6.27. The maximum atomic E-state index is 11.2. The average molecular weight is 484 g/mol. The third-order valence-corrected chi connectivity index (χ3v) is 7.21. The largest absolute Gasteiger partial charge is 0.269 e. The predicted molar refractivity (Wildman–Crippen MR) is 151 cm³/mol. The van der Waals surface area contributed by atoms with Crippen molar-refractivity contribution < 1.29 is 4.92 Å². The van der Waals surface area contributed by atoms with Crippen molar-refractivity contribution in [2.24, 2.45) is 0 Å². The Morgan fingerprint density at radius 1 is 0.757 bits per heavy atom. The number of non-ortho nitro benzene ring substituents is 1. The Bertz CT molecular complexity index is 1580. The van der Waals surface area contributed by atoms with E-state index in [9.17, 15) is 10.1 Å². The average Bonchev–Trinajstić information content (AvgIpc) is 3.15. The van der Waals surface area contributed by atoms with Crippen LogP contribution in [0.1, 0.15) is 72.6 Å². The topological polar surface area (TPSA) is 43.1 Å². The molecule has 182 valence electrons. The maximum absolute atomic E-state index is 11.2. The fraction of sp³-hybridized carbons (Fsp3) is 0.176. The van der Waals surface area contributed by atoms with Crippen LogP contribution in [0.4, 0.5) is 5.69 Å². The highest BCUT2D eigenvalue weighted by molar-refractivity contribution is 6.07. The van der Waals surface area contributed by atoms with Gasteiger partial charge in [0.05, 0.1) is 4.92 Å². The van der Waals surface area contributed by atoms with E-state index in [2.05, 4.69) is 106 Å². The van der Waals surface area contributed by atoms with Gasteiger partial charge in [0.2, 0.25) is 0 Å². The lowest BCUT2D eigenvalue weighted by Crippen LogP contribution is -2.16. The summed E-state index contributed by atoms with van der Waals surface area (Å²) in [6, 6.07) is 32.1. The SMILES string of the molecule is CC(C)c1ccccc1C#Cc1ccc(C2=C(c3ccc([N+](=O)[O-])cc3)c3ccccc3C2(C)C)cc1. The van der Waals surface area contributed by atoms with Gasteiger partial charge in [0.25, 0.3) is 5.69 Å². The molecule has 0 N–H and O–H groups in total. The van der Waals surface area contributed by atoms with Gasteiger partial charge in [-0.25, -0.2) is 0 Å². The zero-order valence-electron chi connectivity index (χ0n) is 21.6. The zero-order valence-corrected chi connectivity index (χ0v) is 21.6. The fourth-order valence-corrected chi connectivity index (χ4v) is 5.36. The normalized spacial score (nSPS) is 13.8. The zero-order chi connectivity index (χ0) is 26.2. The molecule has 0 radical (unpaired) electrons. The van der Waals surface area contributed by atoms with Crippen molar-refractivity contribution in [1.29, 1.82) is 0 Å². The second-order valence-electron chi connectivity index (χ2n) is 10.3. The monoisotopic (exact) mass is 483 g/mol. The smallest absolute Gasteiger partial charge is 0.258 e. The Labute approximate surface area is 218 Å². The Morgan fingerprint density at radius 3 is 2.05 bits per heavy atom. The number of benzene rings is 4. The quantitative estimate of drug-likeness (QED) is 0.166. The van der Waals surface area contributed by atoms with E-state index in [1.807, 2.05) is 18.2 Å². The van der Waals surface area contributed by atoms with Gasteiger partial charge in [0, 0.05) is 28.7 Å². The van der Waals surface area contributed by atoms with Crippen LogP contribution in [-0.4, -0.2) is 4.92 Å². The molecule has 5 rings (SSSR count). The molecule has 0 saturated heterocycles. The van der Waals surface area contributed by atoms with Crippen molar-refractivity contribution in [3.63, 3.8) is 0 Å². The highest BCUT2D eigenvalue weighted by atomic mass is 16.6. The second-order valence-corrected chi connectivity index (χ2v) is 10.3. The molecular weight excluding hydrogens is 454 g/mol. The number of hydrogen-bond donors (Lipinski definition) is 0. The van der Waals surface area contributed by atoms with Crippen LogP contribution >= 0.6 is 0 Å². The molecule has 4 aromatic carbocycles. The summed E-state index contributed by atoms with van der Waals surface area (Å²) < 4.78 is 0. The number of allylic oxidation sites excluding steroid dienone is 1. The van der Waals surface area contributed by atoms with Crippen molar-refractivity contribution in [2.45, 2.75) is 39.0 Å². The highest BCUT2D eigenvalue weighted by Crippen LogP contribution is 2.53. The van der Waals surface area contributed by atoms with Crippen molar-refractivity contribution in [1.82, 2.24) is 0 Å². The van der Waals surface area contributed by atoms with Crippen molar-refractivity contribution >= 4 is 16.8 Å². The molecular formula is C34H29NO2. The molecule has 1 aliphatic rings. The van der Waals surface area contributed by atoms with Crippen LogP contribution in [0.2, 0.25) is 0 Å². The van der Waals surface area contributed by atoms with Gasteiger partial charge in [-0.2, -0.15) is 0 Å². The lowest BCUT2D eigenvalue weighted by atomic mass is 9.78. The van der Waals surface area contributed by atoms with Gasteiger partial charge in [0.1, 0.15) is 0 Å². The Hall–Kier alpha value is -4.42. The number of fused-ring (bicyclic) bond motifs is 1. The van der Waals surface area contributed by atoms with Crippen LogP contribution in [-0.2, 0) is 5.41 Å². The first-order valence-corrected chi connectivity index (χ1v) is 12.6. The van der Waals surface area contributed by atoms with Gasteiger partial charge in [-0.3, -0.25) is 10.1 Å². The second kappa shape index (κ2) is 9.56. The maximum Gasteiger partial charge on any atom is 0.269 e. The number of nitro groups is 1. The lowest BCUT2D eigenvalue weighted by molar-refractivity contribution is -0.384. The fourth-order valence-electron chi connectivity index (χ4n) is 5.36. The van der Waals surface area contributed by atoms with Crippen LogP contribution in [0.5, 0.6) is 0 Å². The molecule has 0 aliphatic heterocycles. The molecule has 0 unspecified atom stereocenters. The molecule has 4 aromatic rings. The molecule has 0 atom stereocenters. The molecule has 37 heavy (non-hydrogen) atoms. The molecule has 0 fully saturated rings. The number of nitro benzene ring substituents is 1. The van der Waals surface area contributed by atoms with Gasteiger partial charge in [0.15, 0.2) is 0 Å². The summed E-state index contributed by atoms with van der Waals surface area (Å²) in [5.41, 5.74) is 10.0. The first-order valence-electron chi connectivity index (χ1n) is 12.6. The Balaban J connectivity index is 1.59.